The van der Waals surface area contributed by atoms with Crippen molar-refractivity contribution in [2.75, 3.05) is 9.44 Å². The van der Waals surface area contributed by atoms with Crippen molar-refractivity contribution >= 4 is 31.7 Å². The lowest BCUT2D eigenvalue weighted by Gasteiger charge is -2.09. The molecule has 1 aromatic carbocycles. The van der Waals surface area contributed by atoms with E-state index in [4.69, 9.17) is 0 Å². The van der Waals surface area contributed by atoms with Crippen LogP contribution < -0.4 is 9.44 Å². The molecular weight excluding hydrogens is 392 g/mol. The van der Waals surface area contributed by atoms with Crippen LogP contribution in [0.15, 0.2) is 64.9 Å². The molecule has 0 atom stereocenters. The number of hydrogen-bond donors (Lipinski definition) is 2. The molecule has 0 radical (unpaired) electrons. The zero-order valence-electron chi connectivity index (χ0n) is 14.1. The fourth-order valence-electron chi connectivity index (χ4n) is 2.10. The molecule has 27 heavy (non-hydrogen) atoms. The fraction of sp³-hybridized carbons (Fsp3) is 0.133. The second-order valence-electron chi connectivity index (χ2n) is 5.34. The summed E-state index contributed by atoms with van der Waals surface area (Å²) in [5, 5.41) is 3.93. The van der Waals surface area contributed by atoms with Crippen molar-refractivity contribution in [1.29, 1.82) is 0 Å². The Labute approximate surface area is 156 Å². The molecule has 0 fully saturated rings. The lowest BCUT2D eigenvalue weighted by molar-refractivity contribution is 0.599. The highest BCUT2D eigenvalue weighted by Gasteiger charge is 2.18. The van der Waals surface area contributed by atoms with Gasteiger partial charge in [-0.2, -0.15) is 5.10 Å². The molecule has 0 saturated heterocycles. The third-order valence-electron chi connectivity index (χ3n) is 3.45. The first-order valence-corrected chi connectivity index (χ1v) is 10.7. The smallest absolute Gasteiger partial charge is 0.265 e. The summed E-state index contributed by atoms with van der Waals surface area (Å²) in [5.41, 5.74) is 0.217. The van der Waals surface area contributed by atoms with Gasteiger partial charge >= 0.3 is 0 Å². The predicted molar refractivity (Wildman–Crippen MR) is 98.0 cm³/mol. The van der Waals surface area contributed by atoms with E-state index in [1.54, 1.807) is 6.07 Å². The Morgan fingerprint density at radius 2 is 1.56 bits per heavy atom. The summed E-state index contributed by atoms with van der Waals surface area (Å²) < 4.78 is 55.4. The molecule has 2 heterocycles. The van der Waals surface area contributed by atoms with Gasteiger partial charge in [-0.3, -0.25) is 9.40 Å². The fourth-order valence-corrected chi connectivity index (χ4v) is 4.07. The van der Waals surface area contributed by atoms with Crippen LogP contribution in [0.2, 0.25) is 0 Å². The molecule has 142 valence electrons. The number of aryl methyl sites for hydroxylation is 1. The van der Waals surface area contributed by atoms with Crippen LogP contribution in [0, 0.1) is 0 Å². The van der Waals surface area contributed by atoms with Gasteiger partial charge in [0, 0.05) is 30.8 Å². The van der Waals surface area contributed by atoms with Crippen molar-refractivity contribution in [3.63, 3.8) is 0 Å². The largest absolute Gasteiger partial charge is 0.280 e. The van der Waals surface area contributed by atoms with E-state index in [1.807, 2.05) is 6.92 Å². The highest BCUT2D eigenvalue weighted by atomic mass is 32.2. The maximum Gasteiger partial charge on any atom is 0.265 e. The van der Waals surface area contributed by atoms with Crippen LogP contribution in [0.1, 0.15) is 6.92 Å². The molecule has 3 rings (SSSR count). The summed E-state index contributed by atoms with van der Waals surface area (Å²) in [7, 11) is -7.71. The molecule has 3 aromatic rings. The van der Waals surface area contributed by atoms with Gasteiger partial charge in [-0.25, -0.2) is 31.5 Å². The maximum atomic E-state index is 12.3. The average molecular weight is 408 g/mol. The van der Waals surface area contributed by atoms with Gasteiger partial charge in [-0.1, -0.05) is 0 Å². The number of rotatable bonds is 7. The van der Waals surface area contributed by atoms with Gasteiger partial charge in [0.15, 0.2) is 0 Å². The molecule has 10 nitrogen and oxygen atoms in total. The minimum Gasteiger partial charge on any atom is -0.280 e. The van der Waals surface area contributed by atoms with Crippen LogP contribution >= 0.6 is 0 Å². The van der Waals surface area contributed by atoms with Gasteiger partial charge in [0.2, 0.25) is 5.95 Å². The van der Waals surface area contributed by atoms with Gasteiger partial charge in [0.25, 0.3) is 20.0 Å². The number of sulfonamides is 2. The van der Waals surface area contributed by atoms with Crippen LogP contribution in [0.5, 0.6) is 0 Å². The topological polar surface area (TPSA) is 136 Å². The molecule has 0 spiro atoms. The highest BCUT2D eigenvalue weighted by molar-refractivity contribution is 7.93. The Morgan fingerprint density at radius 3 is 2.15 bits per heavy atom. The lowest BCUT2D eigenvalue weighted by Crippen LogP contribution is -2.15. The van der Waals surface area contributed by atoms with E-state index in [1.165, 1.54) is 53.7 Å². The monoisotopic (exact) mass is 408 g/mol. The Morgan fingerprint density at radius 1 is 0.926 bits per heavy atom. The quantitative estimate of drug-likeness (QED) is 0.601. The van der Waals surface area contributed by atoms with Gasteiger partial charge in [-0.05, 0) is 37.3 Å². The van der Waals surface area contributed by atoms with Crippen LogP contribution in [-0.2, 0) is 26.6 Å². The Bertz CT molecular complexity index is 1130. The zero-order valence-corrected chi connectivity index (χ0v) is 15.8. The van der Waals surface area contributed by atoms with E-state index >= 15 is 0 Å². The Kier molecular flexibility index (Phi) is 5.10. The number of hydrogen-bond acceptors (Lipinski definition) is 7. The SMILES string of the molecule is CCn1cc(S(=O)(=O)Nc2ccc(S(=O)(=O)Nc3ncccn3)cc2)cn1. The van der Waals surface area contributed by atoms with Gasteiger partial charge < -0.3 is 0 Å². The van der Waals surface area contributed by atoms with E-state index in [0.29, 0.717) is 6.54 Å². The van der Waals surface area contributed by atoms with Crippen LogP contribution in [-0.4, -0.2) is 36.6 Å². The molecule has 0 amide bonds. The second kappa shape index (κ2) is 7.32. The zero-order chi connectivity index (χ0) is 19.5. The molecule has 0 bridgehead atoms. The third kappa shape index (κ3) is 4.41. The molecule has 2 N–H and O–H groups in total. The van der Waals surface area contributed by atoms with Crippen molar-refractivity contribution in [1.82, 2.24) is 19.7 Å². The number of nitrogens with one attached hydrogen (secondary N) is 2. The molecule has 0 unspecified atom stereocenters. The first-order valence-electron chi connectivity index (χ1n) is 7.75. The van der Waals surface area contributed by atoms with Crippen molar-refractivity contribution in [3.8, 4) is 0 Å². The average Bonchev–Trinajstić information content (AvgIpc) is 3.13. The highest BCUT2D eigenvalue weighted by Crippen LogP contribution is 2.19. The van der Waals surface area contributed by atoms with Crippen molar-refractivity contribution < 1.29 is 16.8 Å². The van der Waals surface area contributed by atoms with E-state index in [0.717, 1.165) is 0 Å². The molecule has 0 aliphatic carbocycles. The number of anilines is 2. The minimum absolute atomic E-state index is 0.0175. The van der Waals surface area contributed by atoms with Gasteiger partial charge in [0.1, 0.15) is 4.90 Å². The van der Waals surface area contributed by atoms with E-state index < -0.39 is 20.0 Å². The first kappa shape index (κ1) is 18.8. The van der Waals surface area contributed by atoms with E-state index in [2.05, 4.69) is 24.5 Å². The van der Waals surface area contributed by atoms with Gasteiger partial charge in [-0.15, -0.1) is 0 Å². The summed E-state index contributed by atoms with van der Waals surface area (Å²) in [6, 6.07) is 6.81. The number of benzene rings is 1. The summed E-state index contributed by atoms with van der Waals surface area (Å²) in [5.74, 6) is -0.0600. The van der Waals surface area contributed by atoms with E-state index in [9.17, 15) is 16.8 Å². The standard InChI is InChI=1S/C15H16N6O4S2/c1-2-21-11-14(10-18-21)27(24,25)19-12-4-6-13(7-5-12)26(22,23)20-15-16-8-3-9-17-15/h3-11,19H,2H2,1H3,(H,16,17,20). The molecular formula is C15H16N6O4S2. The summed E-state index contributed by atoms with van der Waals surface area (Å²) in [4.78, 5) is 7.55. The molecule has 2 aromatic heterocycles. The lowest BCUT2D eigenvalue weighted by atomic mass is 10.3. The molecule has 12 heteroatoms. The number of aromatic nitrogens is 4. The van der Waals surface area contributed by atoms with Crippen molar-refractivity contribution in [3.05, 3.63) is 55.1 Å². The van der Waals surface area contributed by atoms with Crippen LogP contribution in [0.25, 0.3) is 0 Å². The van der Waals surface area contributed by atoms with Crippen molar-refractivity contribution in [2.24, 2.45) is 0 Å². The Balaban J connectivity index is 1.77. The maximum absolute atomic E-state index is 12.3. The van der Waals surface area contributed by atoms with Crippen molar-refractivity contribution in [2.45, 2.75) is 23.3 Å². The minimum atomic E-state index is -3.89. The van der Waals surface area contributed by atoms with Gasteiger partial charge in [0.05, 0.1) is 11.1 Å². The molecule has 0 saturated carbocycles. The second-order valence-corrected chi connectivity index (χ2v) is 8.70. The first-order chi connectivity index (χ1) is 12.8. The molecule has 0 aliphatic heterocycles. The van der Waals surface area contributed by atoms with Crippen LogP contribution in [0.3, 0.4) is 0 Å². The molecule has 0 aliphatic rings. The van der Waals surface area contributed by atoms with E-state index in [-0.39, 0.29) is 21.4 Å². The van der Waals surface area contributed by atoms with Crippen LogP contribution in [0.4, 0.5) is 11.6 Å². The number of nitrogens with zero attached hydrogens (tertiary/aromatic N) is 4. The Hall–Kier alpha value is -2.99. The summed E-state index contributed by atoms with van der Waals surface area (Å²) >= 11 is 0. The predicted octanol–water partition coefficient (Wildman–Crippen LogP) is 1.29. The summed E-state index contributed by atoms with van der Waals surface area (Å²) in [6.07, 6.45) is 5.46. The summed E-state index contributed by atoms with van der Waals surface area (Å²) in [6.45, 7) is 2.38. The third-order valence-corrected chi connectivity index (χ3v) is 6.13. The normalized spacial score (nSPS) is 11.9.